The average Bonchev–Trinajstić information content (AvgIpc) is 3.94. The number of rotatable bonds is 3. The lowest BCUT2D eigenvalue weighted by Gasteiger charge is -2.32. The molecule has 6 aromatic rings. The summed E-state index contributed by atoms with van der Waals surface area (Å²) in [6.45, 7) is 32.9. The molecule has 2 aromatic heterocycles. The number of benzene rings is 4. The Hall–Kier alpha value is -1.78. The molecular weight excluding hydrogens is 972 g/mol. The summed E-state index contributed by atoms with van der Waals surface area (Å²) >= 11 is 10.7. The summed E-state index contributed by atoms with van der Waals surface area (Å²) in [6, 6.07) is 25.9. The second kappa shape index (κ2) is 16.4. The minimum atomic E-state index is -0.476. The Bertz CT molecular complexity index is 2500. The fourth-order valence-electron chi connectivity index (χ4n) is 7.79. The molecule has 4 saturated heterocycles. The van der Waals surface area contributed by atoms with E-state index in [9.17, 15) is 0 Å². The minimum absolute atomic E-state index is 0.354. The van der Waals surface area contributed by atoms with E-state index >= 15 is 0 Å². The Morgan fingerprint density at radius 1 is 0.328 bits per heavy atom. The monoisotopic (exact) mass is 1030 g/mol. The van der Waals surface area contributed by atoms with Gasteiger partial charge in [0.05, 0.1) is 44.8 Å². The van der Waals surface area contributed by atoms with E-state index in [-0.39, 0.29) is 59.0 Å². The molecule has 0 N–H and O–H groups in total. The Kier molecular flexibility index (Phi) is 12.5. The van der Waals surface area contributed by atoms with Gasteiger partial charge in [-0.3, -0.25) is 0 Å². The quantitative estimate of drug-likeness (QED) is 0.162. The van der Waals surface area contributed by atoms with Crippen molar-refractivity contribution in [1.29, 1.82) is 0 Å². The molecule has 0 aliphatic carbocycles. The van der Waals surface area contributed by atoms with Gasteiger partial charge in [-0.1, -0.05) is 56.1 Å². The molecular formula is C48H60B4Br2O8S2. The fraction of sp³-hybridized carbons (Fsp3) is 0.500. The summed E-state index contributed by atoms with van der Waals surface area (Å²) in [5.74, 6) is 0. The summed E-state index contributed by atoms with van der Waals surface area (Å²) in [6.07, 6.45) is 0. The van der Waals surface area contributed by atoms with Gasteiger partial charge in [0.2, 0.25) is 0 Å². The molecule has 8 nitrogen and oxygen atoms in total. The zero-order valence-electron chi connectivity index (χ0n) is 40.1. The van der Waals surface area contributed by atoms with Crippen LogP contribution in [0.2, 0.25) is 0 Å². The molecule has 16 heteroatoms. The van der Waals surface area contributed by atoms with E-state index in [0.29, 0.717) is 0 Å². The van der Waals surface area contributed by atoms with Crippen molar-refractivity contribution in [3.8, 4) is 0 Å². The van der Waals surface area contributed by atoms with Crippen molar-refractivity contribution in [2.75, 3.05) is 0 Å². The summed E-state index contributed by atoms with van der Waals surface area (Å²) in [7, 11) is -1.68. The van der Waals surface area contributed by atoms with Gasteiger partial charge in [0, 0.05) is 38.5 Å². The molecule has 6 heterocycles. The molecule has 0 radical (unpaired) electrons. The van der Waals surface area contributed by atoms with Crippen molar-refractivity contribution in [1.82, 2.24) is 0 Å². The van der Waals surface area contributed by atoms with E-state index in [2.05, 4.69) is 160 Å². The highest BCUT2D eigenvalue weighted by Crippen LogP contribution is 2.44. The van der Waals surface area contributed by atoms with Crippen molar-refractivity contribution in [2.45, 2.75) is 156 Å². The summed E-state index contributed by atoms with van der Waals surface area (Å²) in [5.41, 5.74) is -0.759. The first-order valence-electron chi connectivity index (χ1n) is 22.1. The third kappa shape index (κ3) is 8.88. The van der Waals surface area contributed by atoms with Crippen LogP contribution in [0.15, 0.2) is 81.7 Å². The molecule has 338 valence electrons. The highest BCUT2D eigenvalue weighted by Gasteiger charge is 2.64. The number of hydrogen-bond donors (Lipinski definition) is 0. The van der Waals surface area contributed by atoms with Gasteiger partial charge in [-0.2, -0.15) is 0 Å². The first-order valence-corrected chi connectivity index (χ1v) is 25.3. The molecule has 4 aromatic carbocycles. The molecule has 10 rings (SSSR count). The topological polar surface area (TPSA) is 73.8 Å². The highest BCUT2D eigenvalue weighted by atomic mass is 79.9. The van der Waals surface area contributed by atoms with Crippen LogP contribution in [0, 0.1) is 0 Å². The van der Waals surface area contributed by atoms with Gasteiger partial charge in [-0.25, -0.2) is 0 Å². The van der Waals surface area contributed by atoms with Crippen LogP contribution >= 0.6 is 54.5 Å². The van der Waals surface area contributed by atoms with E-state index in [1.807, 2.05) is 66.7 Å². The van der Waals surface area contributed by atoms with Crippen LogP contribution in [0.5, 0.6) is 0 Å². The third-order valence-electron chi connectivity index (χ3n) is 14.7. The van der Waals surface area contributed by atoms with Crippen LogP contribution in [-0.4, -0.2) is 73.1 Å². The largest absolute Gasteiger partial charge is 0.494 e. The van der Waals surface area contributed by atoms with Gasteiger partial charge in [0.1, 0.15) is 0 Å². The predicted molar refractivity (Wildman–Crippen MR) is 278 cm³/mol. The maximum absolute atomic E-state index is 6.28. The molecule has 0 unspecified atom stereocenters. The maximum Gasteiger partial charge on any atom is 0.494 e. The highest BCUT2D eigenvalue weighted by molar-refractivity contribution is 9.10. The second-order valence-corrected chi connectivity index (χ2v) is 25.4. The summed E-state index contributed by atoms with van der Waals surface area (Å²) in [5, 5.41) is 5.08. The maximum atomic E-state index is 6.28. The lowest BCUT2D eigenvalue weighted by atomic mass is 9.49. The van der Waals surface area contributed by atoms with Gasteiger partial charge < -0.3 is 37.2 Å². The second-order valence-electron chi connectivity index (χ2n) is 21.4. The van der Waals surface area contributed by atoms with Crippen LogP contribution in [0.1, 0.15) is 111 Å². The third-order valence-corrected chi connectivity index (χ3v) is 18.0. The lowest BCUT2D eigenvalue weighted by molar-refractivity contribution is 0.00578. The van der Waals surface area contributed by atoms with Gasteiger partial charge in [0.15, 0.2) is 0 Å². The van der Waals surface area contributed by atoms with Crippen molar-refractivity contribution in [3.63, 3.8) is 0 Å². The van der Waals surface area contributed by atoms with Crippen molar-refractivity contribution in [3.05, 3.63) is 81.7 Å². The molecule has 4 aliphatic rings. The van der Waals surface area contributed by atoms with Gasteiger partial charge in [0.25, 0.3) is 0 Å². The minimum Gasteiger partial charge on any atom is -0.405 e. The van der Waals surface area contributed by atoms with Crippen LogP contribution in [0.25, 0.3) is 40.3 Å². The van der Waals surface area contributed by atoms with Crippen LogP contribution < -0.4 is 10.9 Å². The normalized spacial score (nSPS) is 23.2. The van der Waals surface area contributed by atoms with Crippen LogP contribution in [0.4, 0.5) is 0 Å². The summed E-state index contributed by atoms with van der Waals surface area (Å²) in [4.78, 5) is 0. The number of hydrogen-bond acceptors (Lipinski definition) is 10. The number of fused-ring (bicyclic) bond motifs is 6. The molecule has 0 spiro atoms. The first kappa shape index (κ1) is 48.7. The van der Waals surface area contributed by atoms with E-state index in [0.717, 1.165) is 19.9 Å². The smallest absolute Gasteiger partial charge is 0.405 e. The number of thiophene rings is 2. The van der Waals surface area contributed by atoms with Crippen molar-refractivity contribution >= 4 is 134 Å². The predicted octanol–water partition coefficient (Wildman–Crippen LogP) is 12.5. The molecule has 64 heavy (non-hydrogen) atoms. The lowest BCUT2D eigenvalue weighted by Crippen LogP contribution is -2.41. The zero-order chi connectivity index (χ0) is 46.8. The molecule has 0 amide bonds. The molecule has 4 fully saturated rings. The van der Waals surface area contributed by atoms with Crippen molar-refractivity contribution < 1.29 is 37.2 Å². The van der Waals surface area contributed by atoms with E-state index in [4.69, 9.17) is 37.2 Å². The molecule has 4 aliphatic heterocycles. The van der Waals surface area contributed by atoms with Crippen LogP contribution in [-0.2, 0) is 37.2 Å². The SMILES string of the molecule is Brc1ccc2sc3ccc(Br)cc3c2c1.CC1(C)OB(B2OC(C)(C)C(C)(C)O2)OC1(C)C.CC1(C)OB(c2ccc3sc4ccc(B5OC(C)(C)C(C)(C)O5)cc4c3c2)OC1(C)C. The standard InChI is InChI=1S/C24H30B2O4S.C12H24B2O4.C12H6Br2S/c1-21(2)22(3,4)28-25(27-21)15-9-11-19-17(13-15)18-14-16(10-12-20(18)31-19)26-29-23(5,6)24(7,8)30-26;1-9(2)10(3,4)16-13(15-9)14-17-11(5,6)12(7,8)18-14;13-7-1-3-11-9(5-7)10-6-8(14)2-4-12(10)15-11/h9-14H,1-8H3;1-8H3;1-6H. The molecule has 0 bridgehead atoms. The Balaban J connectivity index is 0.000000144. The average molecular weight is 1030 g/mol. The van der Waals surface area contributed by atoms with E-state index < -0.39 is 14.0 Å². The van der Waals surface area contributed by atoms with Gasteiger partial charge in [-0.05, 0) is 181 Å². The molecule has 0 atom stereocenters. The summed E-state index contributed by atoms with van der Waals surface area (Å²) < 4.78 is 56.4. The fourth-order valence-corrected chi connectivity index (χ4v) is 10.6. The first-order chi connectivity index (χ1) is 29.4. The Labute approximate surface area is 405 Å². The van der Waals surface area contributed by atoms with Gasteiger partial charge in [-0.15, -0.1) is 22.7 Å². The van der Waals surface area contributed by atoms with Crippen molar-refractivity contribution in [2.24, 2.45) is 0 Å². The molecule has 0 saturated carbocycles. The number of halogens is 2. The van der Waals surface area contributed by atoms with E-state index in [1.165, 1.54) is 40.3 Å². The Morgan fingerprint density at radius 3 is 0.844 bits per heavy atom. The van der Waals surface area contributed by atoms with Crippen LogP contribution in [0.3, 0.4) is 0 Å². The van der Waals surface area contributed by atoms with Gasteiger partial charge >= 0.3 is 28.3 Å². The zero-order valence-corrected chi connectivity index (χ0v) is 44.9. The van der Waals surface area contributed by atoms with E-state index in [1.54, 1.807) is 11.3 Å². The Morgan fingerprint density at radius 2 is 0.562 bits per heavy atom.